The molecule has 1 aliphatic heterocycles. The lowest BCUT2D eigenvalue weighted by atomic mass is 9.85. The lowest BCUT2D eigenvalue weighted by Gasteiger charge is -2.45. The van der Waals surface area contributed by atoms with Crippen LogP contribution < -0.4 is 10.2 Å². The first-order chi connectivity index (χ1) is 12.4. The Morgan fingerprint density at radius 3 is 2.52 bits per heavy atom. The molecule has 0 radical (unpaired) electrons. The van der Waals surface area contributed by atoms with Gasteiger partial charge < -0.3 is 14.6 Å². The summed E-state index contributed by atoms with van der Waals surface area (Å²) in [7, 11) is 0. The number of hydrogen-bond donors (Lipinski definition) is 2. The van der Waals surface area contributed by atoms with Crippen molar-refractivity contribution in [1.29, 1.82) is 5.26 Å². The molecule has 0 saturated heterocycles. The van der Waals surface area contributed by atoms with Crippen LogP contribution >= 0.6 is 0 Å². The maximum absolute atomic E-state index is 12.3. The van der Waals surface area contributed by atoms with Crippen molar-refractivity contribution in [2.75, 3.05) is 0 Å². The van der Waals surface area contributed by atoms with Crippen LogP contribution in [0.1, 0.15) is 58.7 Å². The topological polar surface area (TPSA) is 112 Å². The van der Waals surface area contributed by atoms with Gasteiger partial charge in [-0.05, 0) is 52.8 Å². The lowest BCUT2D eigenvalue weighted by molar-refractivity contribution is -0.148. The van der Waals surface area contributed by atoms with Crippen molar-refractivity contribution in [2.45, 2.75) is 64.9 Å². The molecule has 0 bridgehead atoms. The highest BCUT2D eigenvalue weighted by Crippen LogP contribution is 2.42. The molecule has 146 valence electrons. The minimum Gasteiger partial charge on any atom is -0.485 e. The Morgan fingerprint density at radius 2 is 2.00 bits per heavy atom. The van der Waals surface area contributed by atoms with Crippen molar-refractivity contribution >= 4 is 12.0 Å². The molecule has 1 aromatic rings. The van der Waals surface area contributed by atoms with Gasteiger partial charge in [0.1, 0.15) is 29.1 Å². The van der Waals surface area contributed by atoms with Gasteiger partial charge in [0.25, 0.3) is 0 Å². The predicted molar refractivity (Wildman–Crippen MR) is 96.5 cm³/mol. The van der Waals surface area contributed by atoms with Crippen LogP contribution in [0.25, 0.3) is 0 Å². The lowest BCUT2D eigenvalue weighted by Crippen LogP contribution is -2.59. The maximum atomic E-state index is 12.3. The number of aliphatic hydroxyl groups excluding tert-OH is 1. The fourth-order valence-electron chi connectivity index (χ4n) is 2.86. The second-order valence-corrected chi connectivity index (χ2v) is 7.96. The zero-order chi connectivity index (χ0) is 20.6. The molecule has 2 amide bonds. The number of amides is 2. The number of nitriles is 1. The molecule has 8 nitrogen and oxygen atoms in total. The molecule has 0 aliphatic carbocycles. The number of rotatable bonds is 1. The van der Waals surface area contributed by atoms with Gasteiger partial charge >= 0.3 is 6.09 Å². The van der Waals surface area contributed by atoms with Gasteiger partial charge in [-0.3, -0.25) is 4.79 Å². The number of hydrazine groups is 1. The van der Waals surface area contributed by atoms with Crippen molar-refractivity contribution in [3.05, 3.63) is 29.3 Å². The van der Waals surface area contributed by atoms with Crippen LogP contribution in [0.3, 0.4) is 0 Å². The SMILES string of the molecule is CC(=O)N(NC(=O)OC(C)(C)C)[C@@H]1c2cc(C#N)ccc2OC(C)(C)[C@H]1O. The number of carbonyl (C=O) groups is 2. The Kier molecular flexibility index (Phi) is 5.38. The van der Waals surface area contributed by atoms with Gasteiger partial charge in [0, 0.05) is 12.5 Å². The summed E-state index contributed by atoms with van der Waals surface area (Å²) in [5.74, 6) is -0.0811. The monoisotopic (exact) mass is 375 g/mol. The van der Waals surface area contributed by atoms with E-state index in [9.17, 15) is 20.0 Å². The molecule has 0 spiro atoms. The van der Waals surface area contributed by atoms with E-state index in [0.717, 1.165) is 5.01 Å². The summed E-state index contributed by atoms with van der Waals surface area (Å²) in [6.07, 6.45) is -2.00. The van der Waals surface area contributed by atoms with Crippen LogP contribution in [0, 0.1) is 11.3 Å². The van der Waals surface area contributed by atoms with Gasteiger partial charge in [-0.25, -0.2) is 15.2 Å². The quantitative estimate of drug-likeness (QED) is 0.729. The van der Waals surface area contributed by atoms with Crippen molar-refractivity contribution in [3.63, 3.8) is 0 Å². The number of nitrogens with zero attached hydrogens (tertiary/aromatic N) is 2. The van der Waals surface area contributed by atoms with Crippen LogP contribution in [0.15, 0.2) is 18.2 Å². The molecule has 0 unspecified atom stereocenters. The van der Waals surface area contributed by atoms with Crippen molar-refractivity contribution < 1.29 is 24.2 Å². The highest BCUT2D eigenvalue weighted by atomic mass is 16.6. The molecule has 0 saturated carbocycles. The molecule has 0 fully saturated rings. The first-order valence-electron chi connectivity index (χ1n) is 8.56. The number of carbonyl (C=O) groups excluding carboxylic acids is 2. The largest absolute Gasteiger partial charge is 0.485 e. The number of fused-ring (bicyclic) bond motifs is 1. The van der Waals surface area contributed by atoms with E-state index in [4.69, 9.17) is 9.47 Å². The van der Waals surface area contributed by atoms with Crippen molar-refractivity contribution in [2.24, 2.45) is 0 Å². The summed E-state index contributed by atoms with van der Waals surface area (Å²) in [5, 5.41) is 21.1. The van der Waals surface area contributed by atoms with E-state index < -0.39 is 35.3 Å². The zero-order valence-electron chi connectivity index (χ0n) is 16.4. The smallest absolute Gasteiger partial charge is 0.426 e. The van der Waals surface area contributed by atoms with Gasteiger partial charge in [-0.2, -0.15) is 5.26 Å². The third-order valence-electron chi connectivity index (χ3n) is 4.07. The number of benzene rings is 1. The van der Waals surface area contributed by atoms with Crippen LogP contribution in [-0.4, -0.2) is 39.4 Å². The molecule has 1 heterocycles. The standard InChI is InChI=1S/C19H25N3O5/c1-11(23)22(21-17(25)27-18(2,3)4)15-13-9-12(10-20)7-8-14(13)26-19(5,6)16(15)24/h7-9,15-16,24H,1-6H3,(H,21,25)/t15-,16+/m1/s1. The van der Waals surface area contributed by atoms with Gasteiger partial charge in [0.15, 0.2) is 0 Å². The molecular formula is C19H25N3O5. The highest BCUT2D eigenvalue weighted by molar-refractivity contribution is 5.78. The van der Waals surface area contributed by atoms with E-state index in [-0.39, 0.29) is 0 Å². The summed E-state index contributed by atoms with van der Waals surface area (Å²) < 4.78 is 11.1. The zero-order valence-corrected chi connectivity index (χ0v) is 16.4. The molecule has 0 aromatic heterocycles. The number of hydrogen-bond acceptors (Lipinski definition) is 6. The van der Waals surface area contributed by atoms with Gasteiger partial charge in [0.2, 0.25) is 5.91 Å². The number of aliphatic hydroxyl groups is 1. The summed E-state index contributed by atoms with van der Waals surface area (Å²) in [6, 6.07) is 5.79. The van der Waals surface area contributed by atoms with Gasteiger partial charge in [0.05, 0.1) is 11.6 Å². The van der Waals surface area contributed by atoms with Crippen molar-refractivity contribution in [3.8, 4) is 11.8 Å². The normalized spacial score (nSPS) is 20.5. The van der Waals surface area contributed by atoms with Crippen LogP contribution in [-0.2, 0) is 9.53 Å². The number of nitrogens with one attached hydrogen (secondary N) is 1. The average Bonchev–Trinajstić information content (AvgIpc) is 2.52. The Labute approximate surface area is 158 Å². The summed E-state index contributed by atoms with van der Waals surface area (Å²) >= 11 is 0. The second kappa shape index (κ2) is 7.08. The summed E-state index contributed by atoms with van der Waals surface area (Å²) in [6.45, 7) is 9.72. The fraction of sp³-hybridized carbons (Fsp3) is 0.526. The first-order valence-corrected chi connectivity index (χ1v) is 8.56. The van der Waals surface area contributed by atoms with Crippen LogP contribution in [0.5, 0.6) is 5.75 Å². The molecule has 1 aliphatic rings. The number of ether oxygens (including phenoxy) is 2. The van der Waals surface area contributed by atoms with Gasteiger partial charge in [-0.15, -0.1) is 0 Å². The molecule has 2 atom stereocenters. The first kappa shape index (κ1) is 20.5. The Morgan fingerprint density at radius 1 is 1.37 bits per heavy atom. The molecule has 2 N–H and O–H groups in total. The van der Waals surface area contributed by atoms with E-state index in [0.29, 0.717) is 16.9 Å². The molecule has 8 heteroatoms. The van der Waals surface area contributed by atoms with E-state index in [2.05, 4.69) is 5.43 Å². The Balaban J connectivity index is 2.49. The molecule has 2 rings (SSSR count). The van der Waals surface area contributed by atoms with E-state index in [1.807, 2.05) is 6.07 Å². The van der Waals surface area contributed by atoms with Crippen molar-refractivity contribution in [1.82, 2.24) is 10.4 Å². The van der Waals surface area contributed by atoms with Gasteiger partial charge in [-0.1, -0.05) is 0 Å². The third kappa shape index (κ3) is 4.49. The van der Waals surface area contributed by atoms with E-state index in [1.165, 1.54) is 13.0 Å². The molecule has 27 heavy (non-hydrogen) atoms. The third-order valence-corrected chi connectivity index (χ3v) is 4.07. The predicted octanol–water partition coefficient (Wildman–Crippen LogP) is 2.42. The molecular weight excluding hydrogens is 350 g/mol. The van der Waals surface area contributed by atoms with Crippen LogP contribution in [0.4, 0.5) is 4.79 Å². The Bertz CT molecular complexity index is 792. The summed E-state index contributed by atoms with van der Waals surface area (Å²) in [5.41, 5.74) is 1.39. The fourth-order valence-corrected chi connectivity index (χ4v) is 2.86. The Hall–Kier alpha value is -2.79. The highest BCUT2D eigenvalue weighted by Gasteiger charge is 2.47. The maximum Gasteiger partial charge on any atom is 0.426 e. The average molecular weight is 375 g/mol. The second-order valence-electron chi connectivity index (χ2n) is 7.96. The van der Waals surface area contributed by atoms with E-state index >= 15 is 0 Å². The summed E-state index contributed by atoms with van der Waals surface area (Å²) in [4.78, 5) is 24.5. The minimum atomic E-state index is -1.17. The van der Waals surface area contributed by atoms with E-state index in [1.54, 1.807) is 46.8 Å². The van der Waals surface area contributed by atoms with Crippen LogP contribution in [0.2, 0.25) is 0 Å². The molecule has 1 aromatic carbocycles. The minimum absolute atomic E-state index is 0.343.